The monoisotopic (exact) mass is 354 g/mol. The van der Waals surface area contributed by atoms with Gasteiger partial charge < -0.3 is 4.74 Å². The van der Waals surface area contributed by atoms with Gasteiger partial charge in [-0.2, -0.15) is 0 Å². The molecule has 0 spiro atoms. The Bertz CT molecular complexity index is 1070. The van der Waals surface area contributed by atoms with Crippen LogP contribution >= 0.6 is 0 Å². The minimum atomic E-state index is -0.123. The molecule has 0 N–H and O–H groups in total. The Morgan fingerprint density at radius 3 is 2.33 bits per heavy atom. The second kappa shape index (κ2) is 7.30. The number of fused-ring (bicyclic) bond motifs is 1. The van der Waals surface area contributed by atoms with Crippen molar-refractivity contribution in [2.75, 3.05) is 12.0 Å². The number of hydrogen-bond donors (Lipinski definition) is 0. The number of methoxy groups -OCH3 is 1. The van der Waals surface area contributed by atoms with Crippen LogP contribution in [0, 0.1) is 0 Å². The standard InChI is InChI=1S/C23H18N2O2/c1-27-20-14-12-18(13-15-20)23(26)25(19-9-3-2-4-10-19)21-11-5-7-17-8-6-16-24-22(17)21/h2-16H,1H3. The largest absolute Gasteiger partial charge is 0.497 e. The van der Waals surface area contributed by atoms with Crippen LogP contribution in [0.2, 0.25) is 0 Å². The number of nitrogens with zero attached hydrogens (tertiary/aromatic N) is 2. The zero-order valence-electron chi connectivity index (χ0n) is 14.9. The molecule has 0 unspecified atom stereocenters. The van der Waals surface area contributed by atoms with E-state index in [1.54, 1.807) is 42.5 Å². The SMILES string of the molecule is COc1ccc(C(=O)N(c2ccccc2)c2cccc3cccnc23)cc1. The van der Waals surface area contributed by atoms with Gasteiger partial charge in [-0.1, -0.05) is 36.4 Å². The summed E-state index contributed by atoms with van der Waals surface area (Å²) in [4.78, 5) is 19.7. The fourth-order valence-electron chi connectivity index (χ4n) is 3.07. The van der Waals surface area contributed by atoms with E-state index in [9.17, 15) is 4.79 Å². The van der Waals surface area contributed by atoms with E-state index in [2.05, 4.69) is 4.98 Å². The predicted molar refractivity (Wildman–Crippen MR) is 108 cm³/mol. The Morgan fingerprint density at radius 1 is 0.852 bits per heavy atom. The van der Waals surface area contributed by atoms with Crippen molar-refractivity contribution >= 4 is 28.2 Å². The molecule has 1 heterocycles. The van der Waals surface area contributed by atoms with Crippen molar-refractivity contribution in [2.24, 2.45) is 0 Å². The summed E-state index contributed by atoms with van der Waals surface area (Å²) in [7, 11) is 1.61. The molecule has 0 bridgehead atoms. The van der Waals surface area contributed by atoms with Crippen molar-refractivity contribution in [1.82, 2.24) is 4.98 Å². The van der Waals surface area contributed by atoms with Crippen molar-refractivity contribution in [3.8, 4) is 5.75 Å². The summed E-state index contributed by atoms with van der Waals surface area (Å²) in [5.74, 6) is 0.589. The fraction of sp³-hybridized carbons (Fsp3) is 0.0435. The van der Waals surface area contributed by atoms with Gasteiger partial charge in [0.15, 0.2) is 0 Å². The number of amides is 1. The lowest BCUT2D eigenvalue weighted by atomic mass is 10.1. The summed E-state index contributed by atoms with van der Waals surface area (Å²) in [6.07, 6.45) is 1.74. The molecule has 0 radical (unpaired) electrons. The maximum atomic E-state index is 13.4. The molecule has 0 aliphatic rings. The average Bonchev–Trinajstić information content (AvgIpc) is 2.75. The highest BCUT2D eigenvalue weighted by molar-refractivity contribution is 6.14. The van der Waals surface area contributed by atoms with Gasteiger partial charge in [-0.3, -0.25) is 14.7 Å². The summed E-state index contributed by atoms with van der Waals surface area (Å²) in [6.45, 7) is 0. The molecule has 0 aliphatic carbocycles. The van der Waals surface area contributed by atoms with Crippen molar-refractivity contribution in [1.29, 1.82) is 0 Å². The lowest BCUT2D eigenvalue weighted by Crippen LogP contribution is -2.26. The van der Waals surface area contributed by atoms with Gasteiger partial charge in [0.2, 0.25) is 0 Å². The number of hydrogen-bond acceptors (Lipinski definition) is 3. The highest BCUT2D eigenvalue weighted by atomic mass is 16.5. The van der Waals surface area contributed by atoms with Gasteiger partial charge in [-0.05, 0) is 48.5 Å². The Labute approximate surface area is 157 Å². The van der Waals surface area contributed by atoms with Gasteiger partial charge in [-0.25, -0.2) is 0 Å². The molecule has 3 aromatic carbocycles. The topological polar surface area (TPSA) is 42.4 Å². The number of aromatic nitrogens is 1. The molecule has 27 heavy (non-hydrogen) atoms. The highest BCUT2D eigenvalue weighted by Crippen LogP contribution is 2.32. The number of carbonyl (C=O) groups is 1. The van der Waals surface area contributed by atoms with E-state index in [-0.39, 0.29) is 5.91 Å². The molecule has 4 rings (SSSR count). The zero-order chi connectivity index (χ0) is 18.6. The third-order valence-electron chi connectivity index (χ3n) is 4.41. The second-order valence-electron chi connectivity index (χ2n) is 6.06. The Kier molecular flexibility index (Phi) is 4.54. The van der Waals surface area contributed by atoms with Gasteiger partial charge in [0, 0.05) is 22.8 Å². The second-order valence-corrected chi connectivity index (χ2v) is 6.06. The summed E-state index contributed by atoms with van der Waals surface area (Å²) in [5, 5.41) is 0.985. The van der Waals surface area contributed by atoms with Gasteiger partial charge >= 0.3 is 0 Å². The first-order valence-corrected chi connectivity index (χ1v) is 8.65. The van der Waals surface area contributed by atoms with Gasteiger partial charge in [0.25, 0.3) is 5.91 Å². The van der Waals surface area contributed by atoms with Crippen LogP contribution in [-0.2, 0) is 0 Å². The summed E-state index contributed by atoms with van der Waals surface area (Å²) in [6, 6.07) is 26.5. The Balaban J connectivity index is 1.88. The van der Waals surface area contributed by atoms with Gasteiger partial charge in [-0.15, -0.1) is 0 Å². The van der Waals surface area contributed by atoms with Gasteiger partial charge in [0.05, 0.1) is 18.3 Å². The van der Waals surface area contributed by atoms with Crippen LogP contribution < -0.4 is 9.64 Å². The number of anilines is 2. The summed E-state index contributed by atoms with van der Waals surface area (Å²) < 4.78 is 5.20. The van der Waals surface area contributed by atoms with Crippen molar-refractivity contribution in [3.63, 3.8) is 0 Å². The molecule has 0 fully saturated rings. The minimum absolute atomic E-state index is 0.123. The molecule has 1 amide bonds. The lowest BCUT2D eigenvalue weighted by Gasteiger charge is -2.24. The molecule has 4 heteroatoms. The number of rotatable bonds is 4. The minimum Gasteiger partial charge on any atom is -0.497 e. The van der Waals surface area contributed by atoms with Crippen LogP contribution in [0.3, 0.4) is 0 Å². The molecule has 0 aliphatic heterocycles. The molecule has 4 aromatic rings. The van der Waals surface area contributed by atoms with E-state index in [4.69, 9.17) is 4.74 Å². The van der Waals surface area contributed by atoms with Crippen LogP contribution in [0.1, 0.15) is 10.4 Å². The number of para-hydroxylation sites is 2. The van der Waals surface area contributed by atoms with E-state index < -0.39 is 0 Å². The van der Waals surface area contributed by atoms with Crippen LogP contribution in [0.25, 0.3) is 10.9 Å². The molecule has 1 aromatic heterocycles. The number of benzene rings is 3. The predicted octanol–water partition coefficient (Wildman–Crippen LogP) is 5.22. The first kappa shape index (κ1) is 16.8. The van der Waals surface area contributed by atoms with E-state index in [1.807, 2.05) is 60.7 Å². The quantitative estimate of drug-likeness (QED) is 0.504. The lowest BCUT2D eigenvalue weighted by molar-refractivity contribution is 0.0999. The van der Waals surface area contributed by atoms with E-state index in [0.29, 0.717) is 11.3 Å². The summed E-state index contributed by atoms with van der Waals surface area (Å²) in [5.41, 5.74) is 2.90. The number of pyridine rings is 1. The van der Waals surface area contributed by atoms with Crippen LogP contribution in [-0.4, -0.2) is 18.0 Å². The van der Waals surface area contributed by atoms with Gasteiger partial charge in [0.1, 0.15) is 5.75 Å². The van der Waals surface area contributed by atoms with E-state index in [1.165, 1.54) is 0 Å². The maximum absolute atomic E-state index is 13.4. The maximum Gasteiger partial charge on any atom is 0.262 e. The molecule has 0 saturated carbocycles. The molecule has 132 valence electrons. The van der Waals surface area contributed by atoms with Crippen molar-refractivity contribution in [2.45, 2.75) is 0 Å². The molecule has 0 saturated heterocycles. The van der Waals surface area contributed by atoms with E-state index in [0.717, 1.165) is 22.3 Å². The van der Waals surface area contributed by atoms with E-state index >= 15 is 0 Å². The Morgan fingerprint density at radius 2 is 1.59 bits per heavy atom. The molecule has 4 nitrogen and oxygen atoms in total. The third-order valence-corrected chi connectivity index (χ3v) is 4.41. The summed E-state index contributed by atoms with van der Waals surface area (Å²) >= 11 is 0. The van der Waals surface area contributed by atoms with Crippen LogP contribution in [0.4, 0.5) is 11.4 Å². The number of carbonyl (C=O) groups excluding carboxylic acids is 1. The Hall–Kier alpha value is -3.66. The number of ether oxygens (including phenoxy) is 1. The molecule has 0 atom stereocenters. The zero-order valence-corrected chi connectivity index (χ0v) is 14.9. The van der Waals surface area contributed by atoms with Crippen molar-refractivity contribution < 1.29 is 9.53 Å². The fourth-order valence-corrected chi connectivity index (χ4v) is 3.07. The first-order valence-electron chi connectivity index (χ1n) is 8.65. The first-order chi connectivity index (χ1) is 13.3. The van der Waals surface area contributed by atoms with Crippen molar-refractivity contribution in [3.05, 3.63) is 96.7 Å². The smallest absolute Gasteiger partial charge is 0.262 e. The average molecular weight is 354 g/mol. The highest BCUT2D eigenvalue weighted by Gasteiger charge is 2.22. The van der Waals surface area contributed by atoms with Crippen LogP contribution in [0.5, 0.6) is 5.75 Å². The third kappa shape index (κ3) is 3.25. The normalized spacial score (nSPS) is 10.6. The van der Waals surface area contributed by atoms with Crippen LogP contribution in [0.15, 0.2) is 91.1 Å². The molecular formula is C23H18N2O2. The molecular weight excluding hydrogens is 336 g/mol.